The lowest BCUT2D eigenvalue weighted by Crippen LogP contribution is -2.39. The van der Waals surface area contributed by atoms with Gasteiger partial charge in [-0.15, -0.1) is 0 Å². The van der Waals surface area contributed by atoms with E-state index in [9.17, 15) is 13.2 Å². The van der Waals surface area contributed by atoms with Gasteiger partial charge in [0.25, 0.3) is 0 Å². The smallest absolute Gasteiger partial charge is 0.372 e. The fraction of sp³-hybridized carbons (Fsp3) is 1.00. The normalized spacial score (nSPS) is 25.6. The third-order valence-electron chi connectivity index (χ3n) is 4.34. The third-order valence-corrected chi connectivity index (χ3v) is 4.34. The van der Waals surface area contributed by atoms with E-state index < -0.39 is 12.8 Å². The summed E-state index contributed by atoms with van der Waals surface area (Å²) in [5.41, 5.74) is 0. The Morgan fingerprint density at radius 3 is 2.30 bits per heavy atom. The second-order valence-electron chi connectivity index (χ2n) is 5.81. The van der Waals surface area contributed by atoms with Gasteiger partial charge >= 0.3 is 6.18 Å². The molecule has 0 radical (unpaired) electrons. The molecule has 1 N–H and O–H groups in total. The minimum Gasteiger partial charge on any atom is -0.372 e. The van der Waals surface area contributed by atoms with Crippen LogP contribution in [0.4, 0.5) is 13.2 Å². The molecule has 1 atom stereocenters. The SMILES string of the molecule is CCNC(CCOCC(F)(F)F)C1CCC(CC)CC1. The Kier molecular flexibility index (Phi) is 7.88. The lowest BCUT2D eigenvalue weighted by molar-refractivity contribution is -0.174. The van der Waals surface area contributed by atoms with Crippen LogP contribution in [-0.4, -0.2) is 32.0 Å². The van der Waals surface area contributed by atoms with Gasteiger partial charge in [-0.25, -0.2) is 0 Å². The van der Waals surface area contributed by atoms with Crippen LogP contribution in [0.3, 0.4) is 0 Å². The van der Waals surface area contributed by atoms with Crippen molar-refractivity contribution in [3.63, 3.8) is 0 Å². The van der Waals surface area contributed by atoms with Crippen molar-refractivity contribution in [3.05, 3.63) is 0 Å². The Morgan fingerprint density at radius 2 is 1.80 bits per heavy atom. The lowest BCUT2D eigenvalue weighted by Gasteiger charge is -2.34. The van der Waals surface area contributed by atoms with Gasteiger partial charge in [0.1, 0.15) is 6.61 Å². The summed E-state index contributed by atoms with van der Waals surface area (Å²) in [5, 5.41) is 3.42. The number of halogens is 3. The second-order valence-corrected chi connectivity index (χ2v) is 5.81. The van der Waals surface area contributed by atoms with Crippen LogP contribution >= 0.6 is 0 Å². The third kappa shape index (κ3) is 6.93. The fourth-order valence-corrected chi connectivity index (χ4v) is 3.16. The van der Waals surface area contributed by atoms with Crippen molar-refractivity contribution >= 4 is 0 Å². The predicted octanol–water partition coefficient (Wildman–Crippen LogP) is 4.15. The molecule has 1 aliphatic carbocycles. The maximum absolute atomic E-state index is 12.0. The van der Waals surface area contributed by atoms with Gasteiger partial charge in [0.05, 0.1) is 0 Å². The Bertz CT molecular complexity index is 250. The monoisotopic (exact) mass is 295 g/mol. The molecule has 20 heavy (non-hydrogen) atoms. The number of ether oxygens (including phenoxy) is 1. The molecule has 1 rings (SSSR count). The summed E-state index contributed by atoms with van der Waals surface area (Å²) in [5.74, 6) is 1.43. The molecule has 0 aromatic heterocycles. The highest BCUT2D eigenvalue weighted by molar-refractivity contribution is 4.81. The first-order valence-corrected chi connectivity index (χ1v) is 7.84. The highest BCUT2D eigenvalue weighted by Crippen LogP contribution is 2.33. The second kappa shape index (κ2) is 8.88. The molecule has 0 heterocycles. The van der Waals surface area contributed by atoms with E-state index in [2.05, 4.69) is 12.2 Å². The zero-order chi connectivity index (χ0) is 15.0. The zero-order valence-electron chi connectivity index (χ0n) is 12.6. The summed E-state index contributed by atoms with van der Waals surface area (Å²) in [4.78, 5) is 0. The molecular formula is C15H28F3NO. The van der Waals surface area contributed by atoms with E-state index in [4.69, 9.17) is 4.74 Å². The van der Waals surface area contributed by atoms with Gasteiger partial charge in [-0.1, -0.05) is 33.1 Å². The summed E-state index contributed by atoms with van der Waals surface area (Å²) in [6, 6.07) is 0.297. The molecule has 0 aliphatic heterocycles. The van der Waals surface area contributed by atoms with E-state index in [1.165, 1.54) is 32.1 Å². The topological polar surface area (TPSA) is 21.3 Å². The maximum Gasteiger partial charge on any atom is 0.411 e. The molecule has 1 saturated carbocycles. The van der Waals surface area contributed by atoms with Crippen molar-refractivity contribution in [2.45, 2.75) is 64.6 Å². The van der Waals surface area contributed by atoms with Crippen molar-refractivity contribution in [2.75, 3.05) is 19.8 Å². The quantitative estimate of drug-likeness (QED) is 0.679. The number of hydrogen-bond donors (Lipinski definition) is 1. The minimum absolute atomic E-state index is 0.185. The molecule has 0 amide bonds. The first kappa shape index (κ1) is 17.8. The van der Waals surface area contributed by atoms with Crippen LogP contribution in [0.15, 0.2) is 0 Å². The van der Waals surface area contributed by atoms with Crippen LogP contribution in [0.25, 0.3) is 0 Å². The Balaban J connectivity index is 2.29. The molecule has 0 aromatic rings. The van der Waals surface area contributed by atoms with Crippen LogP contribution in [0.5, 0.6) is 0 Å². The average molecular weight is 295 g/mol. The van der Waals surface area contributed by atoms with Gasteiger partial charge in [0, 0.05) is 12.6 Å². The van der Waals surface area contributed by atoms with Gasteiger partial charge in [0.15, 0.2) is 0 Å². The molecule has 120 valence electrons. The summed E-state index contributed by atoms with van der Waals surface area (Å²) in [7, 11) is 0. The summed E-state index contributed by atoms with van der Waals surface area (Å²) < 4.78 is 40.8. The number of hydrogen-bond acceptors (Lipinski definition) is 2. The van der Waals surface area contributed by atoms with Crippen molar-refractivity contribution in [3.8, 4) is 0 Å². The standard InChI is InChI=1S/C15H28F3NO/c1-3-12-5-7-13(8-6-12)14(19-4-2)9-10-20-11-15(16,17)18/h12-14,19H,3-11H2,1-2H3. The molecule has 0 aromatic carbocycles. The molecular weight excluding hydrogens is 267 g/mol. The first-order chi connectivity index (χ1) is 9.46. The van der Waals surface area contributed by atoms with Crippen molar-refractivity contribution < 1.29 is 17.9 Å². The number of alkyl halides is 3. The van der Waals surface area contributed by atoms with Crippen LogP contribution in [0.2, 0.25) is 0 Å². The molecule has 2 nitrogen and oxygen atoms in total. The average Bonchev–Trinajstić information content (AvgIpc) is 2.41. The van der Waals surface area contributed by atoms with Crippen LogP contribution < -0.4 is 5.32 Å². The Labute approximate surface area is 120 Å². The van der Waals surface area contributed by atoms with Crippen LogP contribution in [-0.2, 0) is 4.74 Å². The summed E-state index contributed by atoms with van der Waals surface area (Å²) in [6.07, 6.45) is 2.59. The summed E-state index contributed by atoms with van der Waals surface area (Å²) >= 11 is 0. The number of nitrogens with one attached hydrogen (secondary N) is 1. The van der Waals surface area contributed by atoms with Gasteiger partial charge in [0.2, 0.25) is 0 Å². The molecule has 5 heteroatoms. The summed E-state index contributed by atoms with van der Waals surface area (Å²) in [6.45, 7) is 4.19. The van der Waals surface area contributed by atoms with Crippen molar-refractivity contribution in [1.82, 2.24) is 5.32 Å². The van der Waals surface area contributed by atoms with Gasteiger partial charge < -0.3 is 10.1 Å². The fourth-order valence-electron chi connectivity index (χ4n) is 3.16. The molecule has 1 fully saturated rings. The molecule has 1 unspecified atom stereocenters. The Morgan fingerprint density at radius 1 is 1.15 bits per heavy atom. The molecule has 0 saturated heterocycles. The van der Waals surface area contributed by atoms with Gasteiger partial charge in [-0.2, -0.15) is 13.2 Å². The predicted molar refractivity (Wildman–Crippen MR) is 74.7 cm³/mol. The van der Waals surface area contributed by atoms with E-state index in [-0.39, 0.29) is 6.61 Å². The van der Waals surface area contributed by atoms with Gasteiger partial charge in [-0.3, -0.25) is 0 Å². The zero-order valence-corrected chi connectivity index (χ0v) is 12.6. The molecule has 0 bridgehead atoms. The highest BCUT2D eigenvalue weighted by atomic mass is 19.4. The highest BCUT2D eigenvalue weighted by Gasteiger charge is 2.29. The molecule has 0 spiro atoms. The van der Waals surface area contributed by atoms with Crippen LogP contribution in [0.1, 0.15) is 52.4 Å². The van der Waals surface area contributed by atoms with E-state index in [1.54, 1.807) is 0 Å². The van der Waals surface area contributed by atoms with Crippen LogP contribution in [0, 0.1) is 11.8 Å². The van der Waals surface area contributed by atoms with Gasteiger partial charge in [-0.05, 0) is 37.6 Å². The van der Waals surface area contributed by atoms with E-state index >= 15 is 0 Å². The number of rotatable bonds is 8. The largest absolute Gasteiger partial charge is 0.411 e. The van der Waals surface area contributed by atoms with Crippen molar-refractivity contribution in [2.24, 2.45) is 11.8 Å². The molecule has 1 aliphatic rings. The van der Waals surface area contributed by atoms with E-state index in [0.717, 1.165) is 12.5 Å². The minimum atomic E-state index is -4.22. The van der Waals surface area contributed by atoms with E-state index in [1.807, 2.05) is 6.92 Å². The first-order valence-electron chi connectivity index (χ1n) is 7.84. The van der Waals surface area contributed by atoms with E-state index in [0.29, 0.717) is 18.4 Å². The lowest BCUT2D eigenvalue weighted by atomic mass is 9.77. The van der Waals surface area contributed by atoms with Crippen molar-refractivity contribution in [1.29, 1.82) is 0 Å². The maximum atomic E-state index is 12.0. The Hall–Kier alpha value is -0.290.